The van der Waals surface area contributed by atoms with Crippen LogP contribution in [0.4, 0.5) is 0 Å². The molecule has 5 heteroatoms. The predicted molar refractivity (Wildman–Crippen MR) is 68.5 cm³/mol. The molecule has 0 N–H and O–H groups in total. The molecule has 1 saturated heterocycles. The number of ether oxygens (including phenoxy) is 1. The summed E-state index contributed by atoms with van der Waals surface area (Å²) in [6.45, 7) is 6.40. The van der Waals surface area contributed by atoms with Crippen molar-refractivity contribution in [2.45, 2.75) is 26.3 Å². The molecule has 1 aromatic heterocycles. The van der Waals surface area contributed by atoms with Crippen molar-refractivity contribution in [3.8, 4) is 0 Å². The highest BCUT2D eigenvalue weighted by atomic mass is 16.5. The van der Waals surface area contributed by atoms with Crippen LogP contribution in [0.5, 0.6) is 0 Å². The van der Waals surface area contributed by atoms with E-state index in [9.17, 15) is 4.79 Å². The van der Waals surface area contributed by atoms with Crippen LogP contribution in [0.25, 0.3) is 0 Å². The third kappa shape index (κ3) is 2.90. The highest BCUT2D eigenvalue weighted by molar-refractivity contribution is 5.92. The first-order chi connectivity index (χ1) is 8.58. The second-order valence-electron chi connectivity index (χ2n) is 5.19. The molecule has 1 fully saturated rings. The third-order valence-corrected chi connectivity index (χ3v) is 3.26. The Balaban J connectivity index is 1.96. The SMILES string of the molecule is CC(C)n1ccc(C(=O)N(C)CC2CCOC2)n1. The van der Waals surface area contributed by atoms with E-state index < -0.39 is 0 Å². The van der Waals surface area contributed by atoms with E-state index in [1.807, 2.05) is 27.1 Å². The van der Waals surface area contributed by atoms with Gasteiger partial charge in [0.2, 0.25) is 0 Å². The fourth-order valence-electron chi connectivity index (χ4n) is 2.13. The number of carbonyl (C=O) groups is 1. The lowest BCUT2D eigenvalue weighted by molar-refractivity contribution is 0.0759. The van der Waals surface area contributed by atoms with Gasteiger partial charge in [-0.25, -0.2) is 0 Å². The summed E-state index contributed by atoms with van der Waals surface area (Å²) in [6, 6.07) is 2.06. The fraction of sp³-hybridized carbons (Fsp3) is 0.692. The summed E-state index contributed by atoms with van der Waals surface area (Å²) in [5, 5.41) is 4.30. The Bertz CT molecular complexity index is 408. The van der Waals surface area contributed by atoms with Gasteiger partial charge >= 0.3 is 0 Å². The third-order valence-electron chi connectivity index (χ3n) is 3.26. The highest BCUT2D eigenvalue weighted by Gasteiger charge is 2.22. The molecule has 1 aliphatic rings. The number of nitrogens with zero attached hydrogens (tertiary/aromatic N) is 3. The van der Waals surface area contributed by atoms with Crippen molar-refractivity contribution in [2.24, 2.45) is 5.92 Å². The predicted octanol–water partition coefficient (Wildman–Crippen LogP) is 1.57. The van der Waals surface area contributed by atoms with Crippen LogP contribution < -0.4 is 0 Å². The first-order valence-electron chi connectivity index (χ1n) is 6.46. The lowest BCUT2D eigenvalue weighted by Crippen LogP contribution is -2.32. The average Bonchev–Trinajstić information content (AvgIpc) is 2.98. The van der Waals surface area contributed by atoms with Crippen molar-refractivity contribution in [3.05, 3.63) is 18.0 Å². The lowest BCUT2D eigenvalue weighted by atomic mass is 10.1. The van der Waals surface area contributed by atoms with Gasteiger partial charge in [0.05, 0.1) is 6.61 Å². The topological polar surface area (TPSA) is 47.4 Å². The fourth-order valence-corrected chi connectivity index (χ4v) is 2.13. The summed E-state index contributed by atoms with van der Waals surface area (Å²) in [7, 11) is 1.83. The summed E-state index contributed by atoms with van der Waals surface area (Å²) in [5.74, 6) is 0.451. The van der Waals surface area contributed by atoms with Crippen molar-refractivity contribution in [3.63, 3.8) is 0 Å². The molecule has 0 saturated carbocycles. The summed E-state index contributed by atoms with van der Waals surface area (Å²) < 4.78 is 7.13. The summed E-state index contributed by atoms with van der Waals surface area (Å²) in [4.78, 5) is 13.9. The lowest BCUT2D eigenvalue weighted by Gasteiger charge is -2.19. The van der Waals surface area contributed by atoms with Crippen LogP contribution in [-0.4, -0.2) is 47.4 Å². The molecular weight excluding hydrogens is 230 g/mol. The van der Waals surface area contributed by atoms with Crippen LogP contribution in [0.1, 0.15) is 36.8 Å². The number of amides is 1. The van der Waals surface area contributed by atoms with Crippen molar-refractivity contribution in [2.75, 3.05) is 26.8 Å². The molecule has 100 valence electrons. The maximum Gasteiger partial charge on any atom is 0.274 e. The molecule has 0 bridgehead atoms. The molecule has 0 spiro atoms. The van der Waals surface area contributed by atoms with Gasteiger partial charge in [0.1, 0.15) is 5.69 Å². The minimum atomic E-state index is -0.0127. The molecule has 1 unspecified atom stereocenters. The number of aromatic nitrogens is 2. The molecule has 1 aliphatic heterocycles. The zero-order valence-corrected chi connectivity index (χ0v) is 11.3. The monoisotopic (exact) mass is 251 g/mol. The number of hydrogen-bond donors (Lipinski definition) is 0. The Hall–Kier alpha value is -1.36. The summed E-state index contributed by atoms with van der Waals surface area (Å²) in [5.41, 5.74) is 0.519. The van der Waals surface area contributed by atoms with E-state index in [4.69, 9.17) is 4.74 Å². The van der Waals surface area contributed by atoms with Crippen molar-refractivity contribution in [1.29, 1.82) is 0 Å². The maximum absolute atomic E-state index is 12.2. The Labute approximate surface area is 108 Å². The maximum atomic E-state index is 12.2. The van der Waals surface area contributed by atoms with Gasteiger partial charge in [0.15, 0.2) is 0 Å². The zero-order chi connectivity index (χ0) is 13.1. The first-order valence-corrected chi connectivity index (χ1v) is 6.46. The van der Waals surface area contributed by atoms with Crippen LogP contribution in [-0.2, 0) is 4.74 Å². The molecule has 0 radical (unpaired) electrons. The Morgan fingerprint density at radius 2 is 2.44 bits per heavy atom. The van der Waals surface area contributed by atoms with Gasteiger partial charge in [0.25, 0.3) is 5.91 Å². The van der Waals surface area contributed by atoms with Gasteiger partial charge in [0, 0.05) is 38.4 Å². The minimum Gasteiger partial charge on any atom is -0.381 e. The van der Waals surface area contributed by atoms with Crippen LogP contribution >= 0.6 is 0 Å². The quantitative estimate of drug-likeness (QED) is 0.816. The first kappa shape index (κ1) is 13.1. The molecule has 1 aromatic rings. The smallest absolute Gasteiger partial charge is 0.274 e. The standard InChI is InChI=1S/C13H21N3O2/c1-10(2)16-6-4-12(14-16)13(17)15(3)8-11-5-7-18-9-11/h4,6,10-11H,5,7-9H2,1-3H3. The van der Waals surface area contributed by atoms with Crippen molar-refractivity contribution < 1.29 is 9.53 Å². The number of carbonyl (C=O) groups excluding carboxylic acids is 1. The van der Waals surface area contributed by atoms with Gasteiger partial charge in [-0.2, -0.15) is 5.10 Å². The number of rotatable bonds is 4. The van der Waals surface area contributed by atoms with Gasteiger partial charge in [-0.3, -0.25) is 9.48 Å². The van der Waals surface area contributed by atoms with Gasteiger partial charge in [-0.15, -0.1) is 0 Å². The van der Waals surface area contributed by atoms with E-state index in [0.29, 0.717) is 11.6 Å². The zero-order valence-electron chi connectivity index (χ0n) is 11.3. The van der Waals surface area contributed by atoms with Crippen LogP contribution in [0, 0.1) is 5.92 Å². The highest BCUT2D eigenvalue weighted by Crippen LogP contribution is 2.14. The van der Waals surface area contributed by atoms with Crippen LogP contribution in [0.2, 0.25) is 0 Å². The molecule has 2 rings (SSSR count). The molecule has 0 aromatic carbocycles. The molecule has 5 nitrogen and oxygen atoms in total. The second-order valence-corrected chi connectivity index (χ2v) is 5.19. The van der Waals surface area contributed by atoms with Gasteiger partial charge in [-0.1, -0.05) is 0 Å². The average molecular weight is 251 g/mol. The Morgan fingerprint density at radius 3 is 3.00 bits per heavy atom. The molecule has 18 heavy (non-hydrogen) atoms. The molecular formula is C13H21N3O2. The van der Waals surface area contributed by atoms with Crippen LogP contribution in [0.15, 0.2) is 12.3 Å². The van der Waals surface area contributed by atoms with Crippen LogP contribution in [0.3, 0.4) is 0 Å². The minimum absolute atomic E-state index is 0.0127. The number of hydrogen-bond acceptors (Lipinski definition) is 3. The van der Waals surface area contributed by atoms with Crippen molar-refractivity contribution >= 4 is 5.91 Å². The Kier molecular flexibility index (Phi) is 4.01. The molecule has 2 heterocycles. The van der Waals surface area contributed by atoms with E-state index in [0.717, 1.165) is 26.2 Å². The van der Waals surface area contributed by atoms with E-state index >= 15 is 0 Å². The largest absolute Gasteiger partial charge is 0.381 e. The van der Waals surface area contributed by atoms with E-state index in [1.165, 1.54) is 0 Å². The summed E-state index contributed by atoms with van der Waals surface area (Å²) in [6.07, 6.45) is 2.89. The van der Waals surface area contributed by atoms with E-state index in [-0.39, 0.29) is 11.9 Å². The van der Waals surface area contributed by atoms with Crippen molar-refractivity contribution in [1.82, 2.24) is 14.7 Å². The second kappa shape index (κ2) is 5.52. The van der Waals surface area contributed by atoms with E-state index in [2.05, 4.69) is 5.10 Å². The van der Waals surface area contributed by atoms with Gasteiger partial charge in [-0.05, 0) is 26.3 Å². The summed E-state index contributed by atoms with van der Waals surface area (Å²) >= 11 is 0. The van der Waals surface area contributed by atoms with Gasteiger partial charge < -0.3 is 9.64 Å². The Morgan fingerprint density at radius 1 is 1.67 bits per heavy atom. The molecule has 1 amide bonds. The normalized spacial score (nSPS) is 19.4. The van der Waals surface area contributed by atoms with E-state index in [1.54, 1.807) is 15.6 Å². The molecule has 0 aliphatic carbocycles. The molecule has 1 atom stereocenters.